The van der Waals surface area contributed by atoms with Crippen molar-refractivity contribution in [2.45, 2.75) is 41.2 Å². The molecule has 0 aliphatic rings. The molecule has 0 spiro atoms. The number of carbonyl (C=O) groups excluding carboxylic acids is 2. The number of alkyl halides is 2. The maximum atomic E-state index is 12.5. The van der Waals surface area contributed by atoms with E-state index in [1.54, 1.807) is 0 Å². The Balaban J connectivity index is 2.11. The summed E-state index contributed by atoms with van der Waals surface area (Å²) in [5, 5.41) is 0. The fraction of sp³-hybridized carbons (Fsp3) is 0.333. The van der Waals surface area contributed by atoms with Gasteiger partial charge < -0.3 is 9.47 Å². The highest BCUT2D eigenvalue weighted by Crippen LogP contribution is 2.26. The minimum atomic E-state index is -2.93. The number of ether oxygens (including phenoxy) is 2. The van der Waals surface area contributed by atoms with Crippen LogP contribution in [0.5, 0.6) is 5.75 Å². The predicted molar refractivity (Wildman–Crippen MR) is 97.8 cm³/mol. The molecule has 27 heavy (non-hydrogen) atoms. The van der Waals surface area contributed by atoms with Crippen molar-refractivity contribution >= 4 is 11.8 Å². The number of Topliss-reactive ketones (excluding diaryl/α,β-unsaturated/α-hetero) is 1. The van der Waals surface area contributed by atoms with Gasteiger partial charge in [0.1, 0.15) is 5.75 Å². The standard InChI is InChI=1S/C21H22F2O4/c1-11-12(2)14(4)19(15(5)13(11)3)20(25)26-10-18(24)16-6-8-17(9-7-16)27-21(22)23/h6-9,21H,10H2,1-5H3. The third-order valence-corrected chi connectivity index (χ3v) is 4.94. The second-order valence-electron chi connectivity index (χ2n) is 6.40. The van der Waals surface area contributed by atoms with Crippen molar-refractivity contribution < 1.29 is 27.8 Å². The van der Waals surface area contributed by atoms with Crippen LogP contribution in [-0.4, -0.2) is 25.0 Å². The number of hydrogen-bond acceptors (Lipinski definition) is 4. The zero-order chi connectivity index (χ0) is 20.3. The van der Waals surface area contributed by atoms with E-state index < -0.39 is 25.0 Å². The van der Waals surface area contributed by atoms with Crippen molar-refractivity contribution in [1.82, 2.24) is 0 Å². The van der Waals surface area contributed by atoms with Gasteiger partial charge in [-0.15, -0.1) is 0 Å². The maximum Gasteiger partial charge on any atom is 0.387 e. The summed E-state index contributed by atoms with van der Waals surface area (Å²) in [5.74, 6) is -1.03. The molecule has 6 heteroatoms. The number of rotatable bonds is 6. The third-order valence-electron chi connectivity index (χ3n) is 4.94. The lowest BCUT2D eigenvalue weighted by atomic mass is 9.90. The molecule has 0 unspecified atom stereocenters. The van der Waals surface area contributed by atoms with Crippen molar-refractivity contribution in [3.05, 3.63) is 63.2 Å². The van der Waals surface area contributed by atoms with Crippen molar-refractivity contribution in [1.29, 1.82) is 0 Å². The van der Waals surface area contributed by atoms with Crippen LogP contribution in [0.15, 0.2) is 24.3 Å². The normalized spacial score (nSPS) is 10.8. The Morgan fingerprint density at radius 3 is 1.81 bits per heavy atom. The first-order valence-electron chi connectivity index (χ1n) is 8.45. The van der Waals surface area contributed by atoms with Gasteiger partial charge in [-0.2, -0.15) is 8.78 Å². The Kier molecular flexibility index (Phi) is 6.31. The average Bonchev–Trinajstić information content (AvgIpc) is 2.63. The molecule has 2 rings (SSSR count). The third kappa shape index (κ3) is 4.51. The molecule has 2 aromatic carbocycles. The van der Waals surface area contributed by atoms with Gasteiger partial charge >= 0.3 is 12.6 Å². The van der Waals surface area contributed by atoms with E-state index in [1.165, 1.54) is 24.3 Å². The lowest BCUT2D eigenvalue weighted by Crippen LogP contribution is -2.17. The lowest BCUT2D eigenvalue weighted by molar-refractivity contribution is -0.0498. The highest BCUT2D eigenvalue weighted by Gasteiger charge is 2.20. The van der Waals surface area contributed by atoms with E-state index in [-0.39, 0.29) is 11.3 Å². The Morgan fingerprint density at radius 1 is 0.852 bits per heavy atom. The fourth-order valence-electron chi connectivity index (χ4n) is 2.92. The van der Waals surface area contributed by atoms with Crippen LogP contribution in [0.3, 0.4) is 0 Å². The van der Waals surface area contributed by atoms with Gasteiger partial charge in [-0.25, -0.2) is 4.79 Å². The van der Waals surface area contributed by atoms with Crippen LogP contribution < -0.4 is 4.74 Å². The summed E-state index contributed by atoms with van der Waals surface area (Å²) in [6.07, 6.45) is 0. The van der Waals surface area contributed by atoms with Crippen molar-refractivity contribution in [2.75, 3.05) is 6.61 Å². The van der Waals surface area contributed by atoms with Gasteiger partial charge in [0.15, 0.2) is 12.4 Å². The number of benzene rings is 2. The molecule has 0 saturated heterocycles. The number of esters is 1. The molecule has 4 nitrogen and oxygen atoms in total. The van der Waals surface area contributed by atoms with Crippen molar-refractivity contribution in [3.8, 4) is 5.75 Å². The molecule has 0 aliphatic carbocycles. The second-order valence-corrected chi connectivity index (χ2v) is 6.40. The molecule has 0 aromatic heterocycles. The largest absolute Gasteiger partial charge is 0.454 e. The number of halogens is 2. The molecular formula is C21H22F2O4. The van der Waals surface area contributed by atoms with Crippen LogP contribution in [0.1, 0.15) is 48.5 Å². The van der Waals surface area contributed by atoms with E-state index in [0.29, 0.717) is 5.56 Å². The molecule has 0 saturated carbocycles. The molecule has 0 radical (unpaired) electrons. The first-order chi connectivity index (χ1) is 12.6. The summed E-state index contributed by atoms with van der Waals surface area (Å²) in [7, 11) is 0. The van der Waals surface area contributed by atoms with Gasteiger partial charge in [-0.3, -0.25) is 4.79 Å². The van der Waals surface area contributed by atoms with Crippen LogP contribution in [0.25, 0.3) is 0 Å². The molecule has 0 atom stereocenters. The molecule has 144 valence electrons. The Bertz CT molecular complexity index is 842. The molecule has 0 amide bonds. The van der Waals surface area contributed by atoms with E-state index >= 15 is 0 Å². The van der Waals surface area contributed by atoms with Crippen LogP contribution >= 0.6 is 0 Å². The molecule has 0 N–H and O–H groups in total. The maximum absolute atomic E-state index is 12.5. The van der Waals surface area contributed by atoms with Gasteiger partial charge in [-0.1, -0.05) is 0 Å². The number of ketones is 1. The summed E-state index contributed by atoms with van der Waals surface area (Å²) in [6, 6.07) is 5.24. The summed E-state index contributed by atoms with van der Waals surface area (Å²) >= 11 is 0. The first-order valence-corrected chi connectivity index (χ1v) is 8.45. The zero-order valence-corrected chi connectivity index (χ0v) is 16.0. The van der Waals surface area contributed by atoms with Gasteiger partial charge in [-0.05, 0) is 86.7 Å². The van der Waals surface area contributed by atoms with E-state index in [0.717, 1.165) is 27.8 Å². The smallest absolute Gasteiger partial charge is 0.387 e. The van der Waals surface area contributed by atoms with E-state index in [1.807, 2.05) is 34.6 Å². The van der Waals surface area contributed by atoms with Crippen molar-refractivity contribution in [2.24, 2.45) is 0 Å². The highest BCUT2D eigenvalue weighted by molar-refractivity contribution is 6.00. The van der Waals surface area contributed by atoms with E-state index in [9.17, 15) is 18.4 Å². The minimum Gasteiger partial charge on any atom is -0.454 e. The molecule has 2 aromatic rings. The summed E-state index contributed by atoms with van der Waals surface area (Å²) in [5.41, 5.74) is 5.56. The Hall–Kier alpha value is -2.76. The highest BCUT2D eigenvalue weighted by atomic mass is 19.3. The van der Waals surface area contributed by atoms with E-state index in [4.69, 9.17) is 4.74 Å². The van der Waals surface area contributed by atoms with Gasteiger partial charge in [0.25, 0.3) is 0 Å². The SMILES string of the molecule is Cc1c(C)c(C)c(C(=O)OCC(=O)c2ccc(OC(F)F)cc2)c(C)c1C. The molecule has 0 aliphatic heterocycles. The molecular weight excluding hydrogens is 354 g/mol. The van der Waals surface area contributed by atoms with Gasteiger partial charge in [0.2, 0.25) is 0 Å². The quantitative estimate of drug-likeness (QED) is 0.533. The Labute approximate surface area is 157 Å². The molecule has 0 bridgehead atoms. The lowest BCUT2D eigenvalue weighted by Gasteiger charge is -2.17. The summed E-state index contributed by atoms with van der Waals surface area (Å²) in [4.78, 5) is 24.7. The predicted octanol–water partition coefficient (Wildman–Crippen LogP) is 4.87. The average molecular weight is 376 g/mol. The fourth-order valence-corrected chi connectivity index (χ4v) is 2.92. The number of hydrogen-bond donors (Lipinski definition) is 0. The monoisotopic (exact) mass is 376 g/mol. The van der Waals surface area contributed by atoms with E-state index in [2.05, 4.69) is 4.74 Å². The van der Waals surface area contributed by atoms with Crippen LogP contribution in [0.4, 0.5) is 8.78 Å². The summed E-state index contributed by atoms with van der Waals surface area (Å²) < 4.78 is 33.7. The summed E-state index contributed by atoms with van der Waals surface area (Å²) in [6.45, 7) is 6.25. The van der Waals surface area contributed by atoms with Gasteiger partial charge in [0.05, 0.1) is 5.56 Å². The number of carbonyl (C=O) groups is 2. The zero-order valence-electron chi connectivity index (χ0n) is 16.0. The second kappa shape index (κ2) is 8.29. The molecule has 0 fully saturated rings. The first kappa shape index (κ1) is 20.6. The van der Waals surface area contributed by atoms with Crippen LogP contribution in [0.2, 0.25) is 0 Å². The van der Waals surface area contributed by atoms with Gasteiger partial charge in [0, 0.05) is 5.56 Å². The minimum absolute atomic E-state index is 0.0459. The van der Waals surface area contributed by atoms with Crippen molar-refractivity contribution in [3.63, 3.8) is 0 Å². The van der Waals surface area contributed by atoms with Crippen LogP contribution in [0, 0.1) is 34.6 Å². The van der Waals surface area contributed by atoms with Crippen LogP contribution in [-0.2, 0) is 4.74 Å². The topological polar surface area (TPSA) is 52.6 Å². The molecule has 0 heterocycles. The Morgan fingerprint density at radius 2 is 1.33 bits per heavy atom.